The molecule has 0 unspecified atom stereocenters. The van der Waals surface area contributed by atoms with E-state index in [1.807, 2.05) is 48.5 Å². The van der Waals surface area contributed by atoms with Crippen molar-refractivity contribution < 1.29 is 14.3 Å². The highest BCUT2D eigenvalue weighted by atomic mass is 16.7. The predicted octanol–water partition coefficient (Wildman–Crippen LogP) is 2.09. The number of carbonyl (C=O) groups is 1. The van der Waals surface area contributed by atoms with Crippen LogP contribution in [0.25, 0.3) is 0 Å². The van der Waals surface area contributed by atoms with Crippen LogP contribution in [0, 0.1) is 0 Å². The Labute approximate surface area is 167 Å². The Morgan fingerprint density at radius 3 is 2.66 bits per heavy atom. The molecule has 9 heteroatoms. The van der Waals surface area contributed by atoms with Gasteiger partial charge in [0.2, 0.25) is 12.7 Å². The second kappa shape index (κ2) is 8.34. The molecular formula is C20H20N6O3. The monoisotopic (exact) mass is 392 g/mol. The molecule has 0 aliphatic carbocycles. The third-order valence-corrected chi connectivity index (χ3v) is 4.31. The Morgan fingerprint density at radius 2 is 1.79 bits per heavy atom. The second-order valence-electron chi connectivity index (χ2n) is 6.36. The summed E-state index contributed by atoms with van der Waals surface area (Å²) in [6.07, 6.45) is 1.61. The first-order valence-corrected chi connectivity index (χ1v) is 9.00. The Hall–Kier alpha value is -4.01. The number of hydrogen-bond acceptors (Lipinski definition) is 8. The third-order valence-electron chi connectivity index (χ3n) is 4.31. The summed E-state index contributed by atoms with van der Waals surface area (Å²) in [6.45, 7) is 0.716. The van der Waals surface area contributed by atoms with E-state index in [9.17, 15) is 4.79 Å². The largest absolute Gasteiger partial charge is 0.454 e. The van der Waals surface area contributed by atoms with E-state index in [0.717, 1.165) is 16.9 Å². The van der Waals surface area contributed by atoms with Crippen LogP contribution in [0.5, 0.6) is 11.5 Å². The molecule has 0 saturated carbocycles. The maximum atomic E-state index is 12.1. The maximum absolute atomic E-state index is 12.1. The van der Waals surface area contributed by atoms with Crippen molar-refractivity contribution >= 4 is 23.2 Å². The lowest BCUT2D eigenvalue weighted by Gasteiger charge is -2.13. The van der Waals surface area contributed by atoms with Gasteiger partial charge in [0.05, 0.1) is 6.42 Å². The van der Waals surface area contributed by atoms with Gasteiger partial charge >= 0.3 is 0 Å². The van der Waals surface area contributed by atoms with Crippen molar-refractivity contribution in [3.8, 4) is 11.5 Å². The van der Waals surface area contributed by atoms with Gasteiger partial charge < -0.3 is 20.5 Å². The van der Waals surface area contributed by atoms with Gasteiger partial charge in [-0.25, -0.2) is 9.97 Å². The molecule has 1 aromatic heterocycles. The molecule has 2 heterocycles. The van der Waals surface area contributed by atoms with Crippen LogP contribution in [0.1, 0.15) is 11.1 Å². The van der Waals surface area contributed by atoms with Crippen LogP contribution in [-0.4, -0.2) is 22.7 Å². The number of amides is 1. The van der Waals surface area contributed by atoms with Gasteiger partial charge in [0.1, 0.15) is 12.0 Å². The van der Waals surface area contributed by atoms with Gasteiger partial charge in [-0.15, -0.1) is 0 Å². The zero-order chi connectivity index (χ0) is 20.1. The number of carbonyl (C=O) groups excluding carboxylic acids is 1. The molecule has 0 bridgehead atoms. The molecule has 2 aromatic carbocycles. The van der Waals surface area contributed by atoms with Crippen LogP contribution in [0.15, 0.2) is 54.9 Å². The lowest BCUT2D eigenvalue weighted by Crippen LogP contribution is -2.31. The van der Waals surface area contributed by atoms with E-state index >= 15 is 0 Å². The summed E-state index contributed by atoms with van der Waals surface area (Å²) in [4.78, 5) is 20.3. The minimum atomic E-state index is -0.205. The molecule has 1 aliphatic rings. The summed E-state index contributed by atoms with van der Waals surface area (Å²) < 4.78 is 10.7. The van der Waals surface area contributed by atoms with Gasteiger partial charge in [-0.1, -0.05) is 36.4 Å². The van der Waals surface area contributed by atoms with E-state index in [1.54, 1.807) is 0 Å². The number of nitrogen functional groups attached to an aromatic ring is 1. The van der Waals surface area contributed by atoms with Crippen LogP contribution in [-0.2, 0) is 17.8 Å². The summed E-state index contributed by atoms with van der Waals surface area (Å²) in [6, 6.07) is 15.1. The molecule has 0 saturated heterocycles. The highest BCUT2D eigenvalue weighted by Crippen LogP contribution is 2.32. The van der Waals surface area contributed by atoms with Crippen LogP contribution >= 0.6 is 0 Å². The summed E-state index contributed by atoms with van der Waals surface area (Å²) in [7, 11) is 0. The molecule has 0 atom stereocenters. The highest BCUT2D eigenvalue weighted by molar-refractivity contribution is 5.81. The van der Waals surface area contributed by atoms with Crippen LogP contribution in [0.3, 0.4) is 0 Å². The molecule has 1 amide bonds. The molecule has 4 rings (SSSR count). The fourth-order valence-electron chi connectivity index (χ4n) is 2.83. The molecule has 0 spiro atoms. The molecule has 1 aliphatic heterocycles. The molecule has 148 valence electrons. The van der Waals surface area contributed by atoms with Crippen molar-refractivity contribution in [2.75, 3.05) is 23.3 Å². The SMILES string of the molecule is Nc1c(NCc2ccc3c(c2)OCO3)ncnc1NNC(=O)Cc1ccccc1. The highest BCUT2D eigenvalue weighted by Gasteiger charge is 2.14. The number of fused-ring (bicyclic) bond motifs is 1. The van der Waals surface area contributed by atoms with Gasteiger partial charge in [0, 0.05) is 6.54 Å². The molecule has 5 N–H and O–H groups in total. The van der Waals surface area contributed by atoms with Crippen molar-refractivity contribution in [2.45, 2.75) is 13.0 Å². The first-order chi connectivity index (χ1) is 14.2. The quantitative estimate of drug-likeness (QED) is 0.451. The average Bonchev–Trinajstić information content (AvgIpc) is 3.21. The lowest BCUT2D eigenvalue weighted by molar-refractivity contribution is -0.119. The van der Waals surface area contributed by atoms with Gasteiger partial charge in [0.15, 0.2) is 23.1 Å². The summed E-state index contributed by atoms with van der Waals surface area (Å²) in [5.41, 5.74) is 13.7. The number of nitrogens with zero attached hydrogens (tertiary/aromatic N) is 2. The minimum absolute atomic E-state index is 0.205. The second-order valence-corrected chi connectivity index (χ2v) is 6.36. The van der Waals surface area contributed by atoms with Crippen molar-refractivity contribution in [3.63, 3.8) is 0 Å². The number of nitrogens with one attached hydrogen (secondary N) is 3. The minimum Gasteiger partial charge on any atom is -0.454 e. The summed E-state index contributed by atoms with van der Waals surface area (Å²) in [5, 5.41) is 3.16. The normalized spacial score (nSPS) is 11.7. The maximum Gasteiger partial charge on any atom is 0.242 e. The Kier molecular flexibility index (Phi) is 5.28. The first-order valence-electron chi connectivity index (χ1n) is 9.00. The van der Waals surface area contributed by atoms with Crippen LogP contribution in [0.2, 0.25) is 0 Å². The first kappa shape index (κ1) is 18.4. The Balaban J connectivity index is 1.35. The number of anilines is 3. The molecule has 29 heavy (non-hydrogen) atoms. The van der Waals surface area contributed by atoms with Gasteiger partial charge in [-0.2, -0.15) is 0 Å². The van der Waals surface area contributed by atoms with E-state index in [2.05, 4.69) is 26.1 Å². The lowest BCUT2D eigenvalue weighted by atomic mass is 10.1. The third kappa shape index (κ3) is 4.46. The van der Waals surface area contributed by atoms with Gasteiger partial charge in [0.25, 0.3) is 0 Å². The van der Waals surface area contributed by atoms with Crippen molar-refractivity contribution in [3.05, 3.63) is 66.0 Å². The van der Waals surface area contributed by atoms with E-state index in [0.29, 0.717) is 29.6 Å². The number of hydrogen-bond donors (Lipinski definition) is 4. The van der Waals surface area contributed by atoms with E-state index < -0.39 is 0 Å². The zero-order valence-corrected chi connectivity index (χ0v) is 15.5. The van der Waals surface area contributed by atoms with Crippen molar-refractivity contribution in [1.82, 2.24) is 15.4 Å². The van der Waals surface area contributed by atoms with Crippen LogP contribution < -0.4 is 31.4 Å². The zero-order valence-electron chi connectivity index (χ0n) is 15.5. The number of hydrazine groups is 1. The summed E-state index contributed by atoms with van der Waals surface area (Å²) in [5.74, 6) is 2.01. The fourth-order valence-corrected chi connectivity index (χ4v) is 2.83. The van der Waals surface area contributed by atoms with Gasteiger partial charge in [-0.05, 0) is 23.3 Å². The number of aromatic nitrogens is 2. The Morgan fingerprint density at radius 1 is 1.00 bits per heavy atom. The molecule has 3 aromatic rings. The van der Waals surface area contributed by atoms with Crippen molar-refractivity contribution in [2.24, 2.45) is 0 Å². The number of ether oxygens (including phenoxy) is 2. The topological polar surface area (TPSA) is 123 Å². The van der Waals surface area contributed by atoms with Gasteiger partial charge in [-0.3, -0.25) is 15.6 Å². The van der Waals surface area contributed by atoms with Crippen molar-refractivity contribution in [1.29, 1.82) is 0 Å². The fraction of sp³-hybridized carbons (Fsp3) is 0.150. The number of nitrogens with two attached hydrogens (primary N) is 1. The number of benzene rings is 2. The predicted molar refractivity (Wildman–Crippen MR) is 108 cm³/mol. The van der Waals surface area contributed by atoms with E-state index in [4.69, 9.17) is 15.2 Å². The van der Waals surface area contributed by atoms with E-state index in [-0.39, 0.29) is 19.1 Å². The summed E-state index contributed by atoms with van der Waals surface area (Å²) >= 11 is 0. The smallest absolute Gasteiger partial charge is 0.242 e. The molecule has 0 radical (unpaired) electrons. The molecule has 0 fully saturated rings. The van der Waals surface area contributed by atoms with E-state index in [1.165, 1.54) is 6.33 Å². The number of rotatable bonds is 7. The van der Waals surface area contributed by atoms with Crippen LogP contribution in [0.4, 0.5) is 17.3 Å². The molecular weight excluding hydrogens is 372 g/mol. The molecule has 9 nitrogen and oxygen atoms in total. The average molecular weight is 392 g/mol. The standard InChI is InChI=1S/C20H20N6O3/c21-18-19(22-10-14-6-7-15-16(8-14)29-12-28-15)23-11-24-20(18)26-25-17(27)9-13-4-2-1-3-5-13/h1-8,11H,9-10,12,21H2,(H,25,27)(H2,22,23,24,26). The Bertz CT molecular complexity index is 1010.